The van der Waals surface area contributed by atoms with Gasteiger partial charge in [-0.25, -0.2) is 9.97 Å². The number of carbonyl (C=O) groups excluding carboxylic acids is 2. The predicted molar refractivity (Wildman–Crippen MR) is 155 cm³/mol. The number of rotatable bonds is 10. The van der Waals surface area contributed by atoms with Gasteiger partial charge in [-0.1, -0.05) is 0 Å². The number of amides is 2. The third-order valence-electron chi connectivity index (χ3n) is 6.87. The van der Waals surface area contributed by atoms with E-state index in [1.165, 1.54) is 43.9 Å². The third kappa shape index (κ3) is 6.30. The van der Waals surface area contributed by atoms with Crippen LogP contribution in [0.15, 0.2) is 34.4 Å². The molecule has 2 N–H and O–H groups in total. The van der Waals surface area contributed by atoms with Gasteiger partial charge in [0.05, 0.1) is 0 Å². The molecule has 1 aliphatic heterocycles. The van der Waals surface area contributed by atoms with Gasteiger partial charge in [-0.05, 0) is 39.8 Å². The molecule has 0 aliphatic carbocycles. The molecule has 0 spiro atoms. The minimum absolute atomic E-state index is 0.0581. The smallest absolute Gasteiger partial charge is 0.271 e. The Balaban J connectivity index is 0.969. The Morgan fingerprint density at radius 1 is 0.750 bits per heavy atom. The third-order valence-corrected chi connectivity index (χ3v) is 8.70. The molecule has 1 aliphatic rings. The summed E-state index contributed by atoms with van der Waals surface area (Å²) in [6.07, 6.45) is 7.70. The Labute approximate surface area is 238 Å². The predicted octanol–water partition coefficient (Wildman–Crippen LogP) is 1.000. The van der Waals surface area contributed by atoms with E-state index in [4.69, 9.17) is 0 Å². The van der Waals surface area contributed by atoms with E-state index < -0.39 is 11.8 Å². The second kappa shape index (κ2) is 12.4. The maximum atomic E-state index is 12.6. The average molecular weight is 585 g/mol. The molecule has 14 heteroatoms. The zero-order valence-electron chi connectivity index (χ0n) is 22.5. The van der Waals surface area contributed by atoms with Crippen molar-refractivity contribution < 1.29 is 9.59 Å². The number of hydrogen-bond donors (Lipinski definition) is 2. The van der Waals surface area contributed by atoms with Gasteiger partial charge in [-0.2, -0.15) is 0 Å². The molecule has 4 aromatic rings. The molecular formula is C26H32N8O4S2. The molecule has 1 saturated heterocycles. The average Bonchev–Trinajstić information content (AvgIpc) is 3.52. The highest BCUT2D eigenvalue weighted by Crippen LogP contribution is 2.13. The van der Waals surface area contributed by atoms with Gasteiger partial charge >= 0.3 is 0 Å². The Kier molecular flexibility index (Phi) is 8.69. The molecule has 0 unspecified atom stereocenters. The fourth-order valence-electron chi connectivity index (χ4n) is 4.74. The van der Waals surface area contributed by atoms with Gasteiger partial charge in [0.25, 0.3) is 22.9 Å². The molecule has 0 aromatic carbocycles. The van der Waals surface area contributed by atoms with Crippen LogP contribution in [0.5, 0.6) is 0 Å². The summed E-state index contributed by atoms with van der Waals surface area (Å²) < 4.78 is 2.85. The van der Waals surface area contributed by atoms with E-state index in [1.807, 2.05) is 13.8 Å². The molecule has 212 valence electrons. The Morgan fingerprint density at radius 3 is 1.55 bits per heavy atom. The van der Waals surface area contributed by atoms with Crippen LogP contribution < -0.4 is 21.8 Å². The highest BCUT2D eigenvalue weighted by molar-refractivity contribution is 7.17. The molecule has 5 heterocycles. The van der Waals surface area contributed by atoms with E-state index in [2.05, 4.69) is 30.4 Å². The molecular weight excluding hydrogens is 552 g/mol. The van der Waals surface area contributed by atoms with Crippen LogP contribution in [0.4, 0.5) is 0 Å². The van der Waals surface area contributed by atoms with Crippen molar-refractivity contribution in [3.8, 4) is 0 Å². The first kappa shape index (κ1) is 28.1. The molecule has 40 heavy (non-hydrogen) atoms. The molecule has 0 saturated carbocycles. The number of carbonyl (C=O) groups is 2. The SMILES string of the molecule is Cc1cn2c(=O)c(C(=O)NCCCN3CCN(CCCNC(=O)c4cnc5sc(C)cn5c4=O)CC3)cnc2s1. The summed E-state index contributed by atoms with van der Waals surface area (Å²) in [6, 6.07) is 0. The van der Waals surface area contributed by atoms with Gasteiger partial charge in [0.1, 0.15) is 11.1 Å². The summed E-state index contributed by atoms with van der Waals surface area (Å²) >= 11 is 2.83. The lowest BCUT2D eigenvalue weighted by Crippen LogP contribution is -2.47. The fraction of sp³-hybridized carbons (Fsp3) is 0.462. The number of nitrogens with one attached hydrogen (secondary N) is 2. The first-order valence-corrected chi connectivity index (χ1v) is 14.9. The molecule has 1 fully saturated rings. The van der Waals surface area contributed by atoms with Gasteiger partial charge in [0, 0.05) is 73.8 Å². The van der Waals surface area contributed by atoms with Crippen molar-refractivity contribution in [2.45, 2.75) is 26.7 Å². The summed E-state index contributed by atoms with van der Waals surface area (Å²) in [5.74, 6) is -0.785. The van der Waals surface area contributed by atoms with Crippen molar-refractivity contribution in [3.05, 3.63) is 66.4 Å². The molecule has 4 aromatic heterocycles. The van der Waals surface area contributed by atoms with Crippen molar-refractivity contribution in [1.82, 2.24) is 39.2 Å². The van der Waals surface area contributed by atoms with Gasteiger partial charge in [0.2, 0.25) is 0 Å². The lowest BCUT2D eigenvalue weighted by Gasteiger charge is -2.34. The summed E-state index contributed by atoms with van der Waals surface area (Å²) in [5, 5.41) is 5.69. The van der Waals surface area contributed by atoms with Crippen LogP contribution >= 0.6 is 22.7 Å². The molecule has 12 nitrogen and oxygen atoms in total. The van der Waals surface area contributed by atoms with E-state index in [-0.39, 0.29) is 22.2 Å². The van der Waals surface area contributed by atoms with Crippen molar-refractivity contribution in [2.75, 3.05) is 52.4 Å². The van der Waals surface area contributed by atoms with Crippen molar-refractivity contribution >= 4 is 44.4 Å². The Morgan fingerprint density at radius 2 is 1.15 bits per heavy atom. The Bertz CT molecular complexity index is 1530. The maximum absolute atomic E-state index is 12.6. The quantitative estimate of drug-likeness (QED) is 0.264. The monoisotopic (exact) mass is 584 g/mol. The topological polar surface area (TPSA) is 133 Å². The van der Waals surface area contributed by atoms with Crippen LogP contribution in [0.25, 0.3) is 9.92 Å². The number of fused-ring (bicyclic) bond motifs is 2. The fourth-order valence-corrected chi connectivity index (χ4v) is 6.31. The normalized spacial score (nSPS) is 14.7. The summed E-state index contributed by atoms with van der Waals surface area (Å²) in [5.41, 5.74) is -0.572. The maximum Gasteiger partial charge on any atom is 0.271 e. The number of nitrogens with zero attached hydrogens (tertiary/aromatic N) is 6. The summed E-state index contributed by atoms with van der Waals surface area (Å²) in [6.45, 7) is 10.2. The van der Waals surface area contributed by atoms with E-state index >= 15 is 0 Å². The lowest BCUT2D eigenvalue weighted by molar-refractivity contribution is 0.0932. The molecule has 0 radical (unpaired) electrons. The zero-order valence-corrected chi connectivity index (χ0v) is 24.1. The van der Waals surface area contributed by atoms with Crippen LogP contribution in [-0.4, -0.2) is 92.7 Å². The van der Waals surface area contributed by atoms with Crippen LogP contribution in [0.2, 0.25) is 0 Å². The minimum atomic E-state index is -0.392. The van der Waals surface area contributed by atoms with Gasteiger partial charge < -0.3 is 20.4 Å². The van der Waals surface area contributed by atoms with Gasteiger partial charge in [0.15, 0.2) is 9.92 Å². The largest absolute Gasteiger partial charge is 0.352 e. The molecule has 0 atom stereocenters. The molecule has 0 bridgehead atoms. The van der Waals surface area contributed by atoms with Crippen LogP contribution in [0.1, 0.15) is 43.3 Å². The van der Waals surface area contributed by atoms with Gasteiger partial charge in [-0.15, -0.1) is 22.7 Å². The zero-order chi connectivity index (χ0) is 28.2. The Hall–Kier alpha value is -3.46. The summed E-state index contributed by atoms with van der Waals surface area (Å²) in [4.78, 5) is 66.4. The second-order valence-electron chi connectivity index (χ2n) is 9.85. The standard InChI is InChI=1S/C26H32N8O4S2/c1-17-15-33-23(37)19(13-29-25(33)39-17)21(35)27-5-3-7-31-9-11-32(12-10-31)8-4-6-28-22(36)20-14-30-26-34(24(20)38)16-18(2)40-26/h13-16H,3-12H2,1-2H3,(H,27,35)(H,28,36). The number of hydrogen-bond acceptors (Lipinski definition) is 10. The highest BCUT2D eigenvalue weighted by Gasteiger charge is 2.18. The van der Waals surface area contributed by atoms with Crippen LogP contribution in [-0.2, 0) is 0 Å². The summed E-state index contributed by atoms with van der Waals surface area (Å²) in [7, 11) is 0. The minimum Gasteiger partial charge on any atom is -0.352 e. The van der Waals surface area contributed by atoms with Gasteiger partial charge in [-0.3, -0.25) is 28.0 Å². The van der Waals surface area contributed by atoms with E-state index in [0.29, 0.717) is 23.0 Å². The second-order valence-corrected chi connectivity index (χ2v) is 12.3. The van der Waals surface area contributed by atoms with Crippen molar-refractivity contribution in [2.24, 2.45) is 0 Å². The van der Waals surface area contributed by atoms with Crippen LogP contribution in [0.3, 0.4) is 0 Å². The first-order valence-electron chi connectivity index (χ1n) is 13.3. The number of thiazole rings is 2. The van der Waals surface area contributed by atoms with E-state index in [9.17, 15) is 19.2 Å². The van der Waals surface area contributed by atoms with Crippen molar-refractivity contribution in [3.63, 3.8) is 0 Å². The molecule has 2 amide bonds. The number of piperazine rings is 1. The van der Waals surface area contributed by atoms with Crippen molar-refractivity contribution in [1.29, 1.82) is 0 Å². The molecule has 5 rings (SSSR count). The van der Waals surface area contributed by atoms with E-state index in [0.717, 1.165) is 61.9 Å². The van der Waals surface area contributed by atoms with E-state index in [1.54, 1.807) is 12.4 Å². The van der Waals surface area contributed by atoms with Crippen LogP contribution in [0, 0.1) is 13.8 Å². The number of aromatic nitrogens is 4. The first-order chi connectivity index (χ1) is 19.3. The lowest BCUT2D eigenvalue weighted by atomic mass is 10.2. The highest BCUT2D eigenvalue weighted by atomic mass is 32.1. The number of aryl methyl sites for hydroxylation is 2.